The van der Waals surface area contributed by atoms with Crippen molar-refractivity contribution in [3.63, 3.8) is 0 Å². The summed E-state index contributed by atoms with van der Waals surface area (Å²) in [5, 5.41) is 8.94. The molecule has 3 N–H and O–H groups in total. The first kappa shape index (κ1) is 13.3. The van der Waals surface area contributed by atoms with Crippen molar-refractivity contribution in [2.45, 2.75) is 6.92 Å². The van der Waals surface area contributed by atoms with Crippen LogP contribution in [0.25, 0.3) is 0 Å². The fourth-order valence-electron chi connectivity index (χ4n) is 1.69. The van der Waals surface area contributed by atoms with Crippen LogP contribution in [0.2, 0.25) is 0 Å². The van der Waals surface area contributed by atoms with Crippen LogP contribution in [0.15, 0.2) is 30.9 Å². The van der Waals surface area contributed by atoms with E-state index in [1.165, 1.54) is 4.90 Å². The van der Waals surface area contributed by atoms with Crippen LogP contribution in [0.3, 0.4) is 0 Å². The Kier molecular flexibility index (Phi) is 4.72. The van der Waals surface area contributed by atoms with Crippen molar-refractivity contribution in [3.8, 4) is 0 Å². The predicted octanol–water partition coefficient (Wildman–Crippen LogP) is 1.20. The molecular formula is C13H18N2O2. The van der Waals surface area contributed by atoms with Gasteiger partial charge in [0.15, 0.2) is 0 Å². The van der Waals surface area contributed by atoms with Gasteiger partial charge in [-0.2, -0.15) is 0 Å². The molecule has 0 heterocycles. The Morgan fingerprint density at radius 2 is 2.29 bits per heavy atom. The monoisotopic (exact) mass is 234 g/mol. The molecule has 0 aliphatic heterocycles. The Morgan fingerprint density at radius 1 is 1.59 bits per heavy atom. The molecular weight excluding hydrogens is 216 g/mol. The summed E-state index contributed by atoms with van der Waals surface area (Å²) < 4.78 is 0. The molecule has 0 aliphatic carbocycles. The van der Waals surface area contributed by atoms with Gasteiger partial charge in [-0.1, -0.05) is 18.2 Å². The third-order valence-corrected chi connectivity index (χ3v) is 2.53. The number of carbonyl (C=O) groups is 1. The number of nitrogens with zero attached hydrogens (tertiary/aromatic N) is 1. The van der Waals surface area contributed by atoms with Crippen molar-refractivity contribution >= 4 is 11.6 Å². The van der Waals surface area contributed by atoms with Gasteiger partial charge in [0.05, 0.1) is 12.2 Å². The lowest BCUT2D eigenvalue weighted by molar-refractivity contribution is 0.0743. The van der Waals surface area contributed by atoms with Gasteiger partial charge in [0.1, 0.15) is 0 Å². The van der Waals surface area contributed by atoms with Gasteiger partial charge in [-0.25, -0.2) is 0 Å². The zero-order valence-electron chi connectivity index (χ0n) is 10.0. The van der Waals surface area contributed by atoms with E-state index in [1.54, 1.807) is 12.1 Å². The van der Waals surface area contributed by atoms with E-state index in [0.717, 1.165) is 5.56 Å². The molecule has 0 fully saturated rings. The number of nitrogen functional groups attached to an aromatic ring is 1. The second kappa shape index (κ2) is 6.06. The van der Waals surface area contributed by atoms with Crippen molar-refractivity contribution in [3.05, 3.63) is 42.0 Å². The number of aliphatic hydroxyl groups excluding tert-OH is 1. The smallest absolute Gasteiger partial charge is 0.256 e. The van der Waals surface area contributed by atoms with Crippen LogP contribution in [0.4, 0.5) is 5.69 Å². The summed E-state index contributed by atoms with van der Waals surface area (Å²) in [6, 6.07) is 5.35. The lowest BCUT2D eigenvalue weighted by Gasteiger charge is -2.21. The molecule has 0 saturated heterocycles. The molecule has 92 valence electrons. The van der Waals surface area contributed by atoms with Crippen molar-refractivity contribution in [1.82, 2.24) is 4.90 Å². The lowest BCUT2D eigenvalue weighted by atomic mass is 10.1. The minimum Gasteiger partial charge on any atom is -0.398 e. The van der Waals surface area contributed by atoms with Gasteiger partial charge >= 0.3 is 0 Å². The van der Waals surface area contributed by atoms with Crippen LogP contribution in [-0.2, 0) is 0 Å². The maximum atomic E-state index is 12.3. The zero-order valence-corrected chi connectivity index (χ0v) is 10.0. The number of hydrogen-bond donors (Lipinski definition) is 2. The molecule has 1 aromatic rings. The third-order valence-electron chi connectivity index (χ3n) is 2.53. The van der Waals surface area contributed by atoms with E-state index in [-0.39, 0.29) is 19.1 Å². The average Bonchev–Trinajstić information content (AvgIpc) is 2.28. The summed E-state index contributed by atoms with van der Waals surface area (Å²) >= 11 is 0. The quantitative estimate of drug-likeness (QED) is 0.594. The maximum Gasteiger partial charge on any atom is 0.256 e. The molecule has 4 nitrogen and oxygen atoms in total. The molecule has 0 radical (unpaired) electrons. The highest BCUT2D eigenvalue weighted by molar-refractivity contribution is 6.00. The van der Waals surface area contributed by atoms with Crippen LogP contribution >= 0.6 is 0 Å². The number of aliphatic hydroxyl groups is 1. The van der Waals surface area contributed by atoms with Crippen LogP contribution in [0.5, 0.6) is 0 Å². The van der Waals surface area contributed by atoms with Crippen LogP contribution in [-0.4, -0.2) is 35.6 Å². The van der Waals surface area contributed by atoms with E-state index >= 15 is 0 Å². The first-order valence-electron chi connectivity index (χ1n) is 5.48. The standard InChI is InChI=1S/C13H18N2O2/c1-3-7-15(8-9-16)13(17)12-10(2)5-4-6-11(12)14/h3-6,16H,1,7-9,14H2,2H3. The second-order valence-electron chi connectivity index (χ2n) is 3.80. The van der Waals surface area contributed by atoms with E-state index in [0.29, 0.717) is 17.8 Å². The molecule has 1 rings (SSSR count). The third kappa shape index (κ3) is 3.07. The molecule has 0 aromatic heterocycles. The van der Waals surface area contributed by atoms with Crippen molar-refractivity contribution in [2.24, 2.45) is 0 Å². The number of benzene rings is 1. The summed E-state index contributed by atoms with van der Waals surface area (Å²) in [7, 11) is 0. The van der Waals surface area contributed by atoms with Gasteiger partial charge in [-0.15, -0.1) is 6.58 Å². The molecule has 0 saturated carbocycles. The van der Waals surface area contributed by atoms with Gasteiger partial charge in [0.2, 0.25) is 0 Å². The van der Waals surface area contributed by atoms with Crippen molar-refractivity contribution < 1.29 is 9.90 Å². The highest BCUT2D eigenvalue weighted by atomic mass is 16.3. The molecule has 1 aromatic carbocycles. The molecule has 1 amide bonds. The maximum absolute atomic E-state index is 12.3. The van der Waals surface area contributed by atoms with E-state index in [9.17, 15) is 4.79 Å². The Hall–Kier alpha value is -1.81. The fourth-order valence-corrected chi connectivity index (χ4v) is 1.69. The van der Waals surface area contributed by atoms with Crippen LogP contribution < -0.4 is 5.73 Å². The van der Waals surface area contributed by atoms with Gasteiger partial charge in [-0.05, 0) is 18.6 Å². The number of anilines is 1. The predicted molar refractivity (Wildman–Crippen MR) is 68.8 cm³/mol. The molecule has 0 atom stereocenters. The first-order chi connectivity index (χ1) is 8.11. The van der Waals surface area contributed by atoms with E-state index < -0.39 is 0 Å². The van der Waals surface area contributed by atoms with Crippen molar-refractivity contribution in [1.29, 1.82) is 0 Å². The zero-order chi connectivity index (χ0) is 12.8. The molecule has 0 spiro atoms. The number of rotatable bonds is 5. The summed E-state index contributed by atoms with van der Waals surface area (Å²) in [5.41, 5.74) is 7.61. The fraction of sp³-hybridized carbons (Fsp3) is 0.308. The minimum absolute atomic E-state index is 0.0780. The largest absolute Gasteiger partial charge is 0.398 e. The first-order valence-corrected chi connectivity index (χ1v) is 5.48. The minimum atomic E-state index is -0.172. The van der Waals surface area contributed by atoms with E-state index in [4.69, 9.17) is 10.8 Å². The van der Waals surface area contributed by atoms with Crippen LogP contribution in [0.1, 0.15) is 15.9 Å². The molecule has 0 bridgehead atoms. The molecule has 17 heavy (non-hydrogen) atoms. The second-order valence-corrected chi connectivity index (χ2v) is 3.80. The number of aryl methyl sites for hydroxylation is 1. The lowest BCUT2D eigenvalue weighted by Crippen LogP contribution is -2.34. The average molecular weight is 234 g/mol. The Balaban J connectivity index is 3.04. The van der Waals surface area contributed by atoms with E-state index in [2.05, 4.69) is 6.58 Å². The molecule has 0 unspecified atom stereocenters. The number of carbonyl (C=O) groups excluding carboxylic acids is 1. The van der Waals surface area contributed by atoms with Crippen molar-refractivity contribution in [2.75, 3.05) is 25.4 Å². The SMILES string of the molecule is C=CCN(CCO)C(=O)c1c(C)cccc1N. The molecule has 0 aliphatic rings. The highest BCUT2D eigenvalue weighted by Gasteiger charge is 2.18. The Bertz CT molecular complexity index is 396. The normalized spacial score (nSPS) is 10.0. The van der Waals surface area contributed by atoms with Gasteiger partial charge < -0.3 is 15.7 Å². The highest BCUT2D eigenvalue weighted by Crippen LogP contribution is 2.18. The Labute approximate surface area is 101 Å². The number of nitrogens with two attached hydrogens (primary N) is 1. The van der Waals surface area contributed by atoms with Crippen LogP contribution in [0, 0.1) is 6.92 Å². The van der Waals surface area contributed by atoms with Gasteiger partial charge in [0, 0.05) is 18.8 Å². The van der Waals surface area contributed by atoms with E-state index in [1.807, 2.05) is 19.1 Å². The summed E-state index contributed by atoms with van der Waals surface area (Å²) in [6.45, 7) is 6.03. The summed E-state index contributed by atoms with van der Waals surface area (Å²) in [5.74, 6) is -0.172. The molecule has 4 heteroatoms. The summed E-state index contributed by atoms with van der Waals surface area (Å²) in [4.78, 5) is 13.8. The number of hydrogen-bond acceptors (Lipinski definition) is 3. The Morgan fingerprint density at radius 3 is 2.82 bits per heavy atom. The van der Waals surface area contributed by atoms with Gasteiger partial charge in [-0.3, -0.25) is 4.79 Å². The number of amides is 1. The van der Waals surface area contributed by atoms with Gasteiger partial charge in [0.25, 0.3) is 5.91 Å². The summed E-state index contributed by atoms with van der Waals surface area (Å²) in [6.07, 6.45) is 1.63. The topological polar surface area (TPSA) is 66.6 Å².